The van der Waals surface area contributed by atoms with Gasteiger partial charge in [0, 0.05) is 19.0 Å². The van der Waals surface area contributed by atoms with Crippen LogP contribution in [0, 0.1) is 13.8 Å². The summed E-state index contributed by atoms with van der Waals surface area (Å²) in [5.41, 5.74) is 7.21. The van der Waals surface area contributed by atoms with Crippen molar-refractivity contribution in [1.82, 2.24) is 15.5 Å². The third-order valence-corrected chi connectivity index (χ3v) is 6.66. The van der Waals surface area contributed by atoms with E-state index in [1.165, 1.54) is 4.90 Å². The lowest BCUT2D eigenvalue weighted by atomic mass is 9.93. The Morgan fingerprint density at radius 2 is 1.76 bits per heavy atom. The van der Waals surface area contributed by atoms with Gasteiger partial charge in [-0.15, -0.1) is 0 Å². The van der Waals surface area contributed by atoms with Gasteiger partial charge in [-0.3, -0.25) is 14.4 Å². The SMILES string of the molecule is CCCN(C(=O)C(CCC(N)=O)NC(=O)OC(C)(C)C)C(C(=O)NC1CCCCC1)c1cc(C)ccc1C. The minimum Gasteiger partial charge on any atom is -0.444 e. The molecule has 1 saturated carbocycles. The van der Waals surface area contributed by atoms with E-state index in [1.807, 2.05) is 39.0 Å². The molecule has 9 heteroatoms. The van der Waals surface area contributed by atoms with Crippen molar-refractivity contribution in [3.05, 3.63) is 34.9 Å². The lowest BCUT2D eigenvalue weighted by Crippen LogP contribution is -2.54. The number of ether oxygens (including phenoxy) is 1. The van der Waals surface area contributed by atoms with Crippen LogP contribution >= 0.6 is 0 Å². The summed E-state index contributed by atoms with van der Waals surface area (Å²) in [6.45, 7) is 11.3. The van der Waals surface area contributed by atoms with E-state index >= 15 is 0 Å². The summed E-state index contributed by atoms with van der Waals surface area (Å²) in [5.74, 6) is -1.28. The molecule has 0 saturated heterocycles. The molecule has 2 unspecified atom stereocenters. The quantitative estimate of drug-likeness (QED) is 0.395. The van der Waals surface area contributed by atoms with Crippen LogP contribution in [-0.2, 0) is 19.1 Å². The Morgan fingerprint density at radius 3 is 2.34 bits per heavy atom. The second-order valence-electron chi connectivity index (χ2n) is 11.3. The average Bonchev–Trinajstić information content (AvgIpc) is 2.82. The highest BCUT2D eigenvalue weighted by Crippen LogP contribution is 2.28. The highest BCUT2D eigenvalue weighted by molar-refractivity contribution is 5.92. The normalized spacial score (nSPS) is 15.7. The predicted molar refractivity (Wildman–Crippen MR) is 147 cm³/mol. The third-order valence-electron chi connectivity index (χ3n) is 6.66. The lowest BCUT2D eigenvalue weighted by Gasteiger charge is -2.36. The van der Waals surface area contributed by atoms with Crippen molar-refractivity contribution in [2.45, 2.75) is 117 Å². The van der Waals surface area contributed by atoms with Gasteiger partial charge in [-0.05, 0) is 71.4 Å². The van der Waals surface area contributed by atoms with Gasteiger partial charge < -0.3 is 26.0 Å². The number of carbonyl (C=O) groups is 4. The molecule has 0 radical (unpaired) electrons. The predicted octanol–water partition coefficient (Wildman–Crippen LogP) is 4.19. The molecule has 0 aliphatic heterocycles. The Kier molecular flexibility index (Phi) is 11.6. The zero-order valence-electron chi connectivity index (χ0n) is 23.9. The summed E-state index contributed by atoms with van der Waals surface area (Å²) < 4.78 is 5.38. The minimum absolute atomic E-state index is 0.00259. The Bertz CT molecular complexity index is 982. The van der Waals surface area contributed by atoms with E-state index in [-0.39, 0.29) is 31.3 Å². The van der Waals surface area contributed by atoms with Crippen molar-refractivity contribution in [3.63, 3.8) is 0 Å². The molecule has 0 heterocycles. The molecule has 38 heavy (non-hydrogen) atoms. The highest BCUT2D eigenvalue weighted by atomic mass is 16.6. The smallest absolute Gasteiger partial charge is 0.408 e. The van der Waals surface area contributed by atoms with Crippen LogP contribution in [0.2, 0.25) is 0 Å². The number of nitrogens with two attached hydrogens (primary N) is 1. The fraction of sp³-hybridized carbons (Fsp3) is 0.655. The first kappa shape index (κ1) is 31.1. The highest BCUT2D eigenvalue weighted by Gasteiger charge is 2.37. The number of carbonyl (C=O) groups excluding carboxylic acids is 4. The fourth-order valence-electron chi connectivity index (χ4n) is 4.83. The third kappa shape index (κ3) is 9.65. The zero-order valence-corrected chi connectivity index (χ0v) is 23.9. The Labute approximate surface area is 227 Å². The van der Waals surface area contributed by atoms with Crippen LogP contribution in [0.5, 0.6) is 0 Å². The lowest BCUT2D eigenvalue weighted by molar-refractivity contribution is -0.143. The van der Waals surface area contributed by atoms with E-state index in [0.717, 1.165) is 48.8 Å². The molecule has 1 aromatic rings. The zero-order chi connectivity index (χ0) is 28.5. The fourth-order valence-corrected chi connectivity index (χ4v) is 4.83. The molecule has 0 bridgehead atoms. The Hall–Kier alpha value is -3.10. The van der Waals surface area contributed by atoms with Gasteiger partial charge in [0.05, 0.1) is 0 Å². The molecule has 0 aromatic heterocycles. The Morgan fingerprint density at radius 1 is 1.11 bits per heavy atom. The van der Waals surface area contributed by atoms with Crippen molar-refractivity contribution < 1.29 is 23.9 Å². The van der Waals surface area contributed by atoms with Crippen LogP contribution in [0.15, 0.2) is 18.2 Å². The number of rotatable bonds is 11. The molecule has 0 spiro atoms. The Balaban J connectivity index is 2.48. The summed E-state index contributed by atoms with van der Waals surface area (Å²) >= 11 is 0. The van der Waals surface area contributed by atoms with Gasteiger partial charge in [-0.1, -0.05) is 49.9 Å². The molecule has 4 N–H and O–H groups in total. The van der Waals surface area contributed by atoms with Crippen molar-refractivity contribution >= 4 is 23.8 Å². The van der Waals surface area contributed by atoms with E-state index in [4.69, 9.17) is 10.5 Å². The number of amides is 4. The van der Waals surface area contributed by atoms with Crippen molar-refractivity contribution in [1.29, 1.82) is 0 Å². The summed E-state index contributed by atoms with van der Waals surface area (Å²) in [7, 11) is 0. The van der Waals surface area contributed by atoms with Gasteiger partial charge in [-0.25, -0.2) is 4.79 Å². The largest absolute Gasteiger partial charge is 0.444 e. The first-order valence-corrected chi connectivity index (χ1v) is 13.8. The van der Waals surface area contributed by atoms with Crippen LogP contribution < -0.4 is 16.4 Å². The van der Waals surface area contributed by atoms with Crippen LogP contribution in [0.4, 0.5) is 4.79 Å². The minimum atomic E-state index is -1.08. The second-order valence-corrected chi connectivity index (χ2v) is 11.3. The first-order valence-electron chi connectivity index (χ1n) is 13.8. The standard InChI is InChI=1S/C29H46N4O5/c1-7-17-33(27(36)23(15-16-24(30)34)32-28(37)38-29(4,5)6)25(22-18-19(2)13-14-20(22)3)26(35)31-21-11-9-8-10-12-21/h13-14,18,21,23,25H,7-12,15-17H2,1-6H3,(H2,30,34)(H,31,35)(H,32,37). The monoisotopic (exact) mass is 530 g/mol. The van der Waals surface area contributed by atoms with E-state index < -0.39 is 35.6 Å². The maximum atomic E-state index is 14.1. The van der Waals surface area contributed by atoms with Gasteiger partial charge in [0.2, 0.25) is 17.7 Å². The van der Waals surface area contributed by atoms with Gasteiger partial charge >= 0.3 is 6.09 Å². The molecule has 1 aromatic carbocycles. The number of primary amides is 1. The summed E-state index contributed by atoms with van der Waals surface area (Å²) in [4.78, 5) is 53.7. The molecular formula is C29H46N4O5. The number of nitrogens with zero attached hydrogens (tertiary/aromatic N) is 1. The van der Waals surface area contributed by atoms with E-state index in [1.54, 1.807) is 20.8 Å². The number of alkyl carbamates (subject to hydrolysis) is 1. The molecule has 212 valence electrons. The van der Waals surface area contributed by atoms with Gasteiger partial charge in [-0.2, -0.15) is 0 Å². The van der Waals surface area contributed by atoms with Crippen LogP contribution in [0.3, 0.4) is 0 Å². The second kappa shape index (κ2) is 14.2. The molecule has 2 atom stereocenters. The topological polar surface area (TPSA) is 131 Å². The molecule has 9 nitrogen and oxygen atoms in total. The summed E-state index contributed by atoms with van der Waals surface area (Å²) in [6, 6.07) is 3.95. The van der Waals surface area contributed by atoms with E-state index in [0.29, 0.717) is 6.42 Å². The van der Waals surface area contributed by atoms with Gasteiger partial charge in [0.1, 0.15) is 17.7 Å². The van der Waals surface area contributed by atoms with Crippen LogP contribution in [0.1, 0.15) is 102 Å². The molecule has 1 fully saturated rings. The van der Waals surface area contributed by atoms with Crippen LogP contribution in [-0.4, -0.2) is 52.9 Å². The van der Waals surface area contributed by atoms with Gasteiger partial charge in [0.15, 0.2) is 0 Å². The average molecular weight is 531 g/mol. The number of nitrogens with one attached hydrogen (secondary N) is 2. The summed E-state index contributed by atoms with van der Waals surface area (Å²) in [5, 5.41) is 5.83. The maximum absolute atomic E-state index is 14.1. The first-order chi connectivity index (χ1) is 17.8. The van der Waals surface area contributed by atoms with E-state index in [2.05, 4.69) is 10.6 Å². The number of aryl methyl sites for hydroxylation is 2. The molecule has 4 amide bonds. The molecule has 2 rings (SSSR count). The van der Waals surface area contributed by atoms with Crippen molar-refractivity contribution in [3.8, 4) is 0 Å². The van der Waals surface area contributed by atoms with E-state index in [9.17, 15) is 19.2 Å². The molecule has 1 aliphatic carbocycles. The maximum Gasteiger partial charge on any atom is 0.408 e. The van der Waals surface area contributed by atoms with Gasteiger partial charge in [0.25, 0.3) is 0 Å². The number of hydrogen-bond acceptors (Lipinski definition) is 5. The number of hydrogen-bond donors (Lipinski definition) is 3. The molecular weight excluding hydrogens is 484 g/mol. The van der Waals surface area contributed by atoms with Crippen LogP contribution in [0.25, 0.3) is 0 Å². The number of benzene rings is 1. The van der Waals surface area contributed by atoms with Crippen molar-refractivity contribution in [2.24, 2.45) is 5.73 Å². The summed E-state index contributed by atoms with van der Waals surface area (Å²) in [6.07, 6.45) is 4.82. The van der Waals surface area contributed by atoms with Crippen molar-refractivity contribution in [2.75, 3.05) is 6.54 Å². The molecule has 1 aliphatic rings.